The number of nitrogens with one attached hydrogen (secondary N) is 2. The van der Waals surface area contributed by atoms with Gasteiger partial charge in [-0.2, -0.15) is 0 Å². The summed E-state index contributed by atoms with van der Waals surface area (Å²) in [5, 5.41) is 31.3. The lowest BCUT2D eigenvalue weighted by Gasteiger charge is -2.12. The maximum Gasteiger partial charge on any atom is 0.268 e. The standard InChI is InChI=1S/C34H35N5O3.C33H33N5O3/c35-34(36)38-17-16-37-33(42)32-22-28-20-25(21-30(41)13-8-23-6-11-29(40)12-7-23)9-14-31(28)39(32)18-15-24-5-10-26-3-1-2-4-27(26)19-24;34-33(35)37-15-14-36-32(41)31-21-27-18-24(20-29(40)19-22-6-10-28(39)11-7-22)8-12-30(27)38(31)16-13-23-5-9-25-3-1-2-4-26(25)17-23/h1-7,9-12,14,19-20,22,40H,8,13,15-18,21H2,(H,37,42)(H4,35,36,38);1-12,17-18,21,39H,13-16,19-20H2,(H,36,41)(H4,34,35,37). The van der Waals surface area contributed by atoms with Crippen molar-refractivity contribution >= 4 is 78.7 Å². The first-order chi connectivity index (χ1) is 40.2. The second kappa shape index (κ2) is 27.3. The van der Waals surface area contributed by atoms with Crippen LogP contribution in [0.25, 0.3) is 43.4 Å². The van der Waals surface area contributed by atoms with Gasteiger partial charge in [-0.25, -0.2) is 0 Å². The predicted molar refractivity (Wildman–Crippen MR) is 331 cm³/mol. The molecular formula is C67H68N10O6. The zero-order valence-electron chi connectivity index (χ0n) is 46.1. The van der Waals surface area contributed by atoms with Gasteiger partial charge in [0, 0.05) is 73.7 Å². The molecule has 0 spiro atoms. The van der Waals surface area contributed by atoms with Crippen LogP contribution >= 0.6 is 0 Å². The number of carbonyl (C=O) groups excluding carboxylic acids is 4. The first-order valence-electron chi connectivity index (χ1n) is 27.7. The molecule has 2 aromatic heterocycles. The SMILES string of the molecule is NC(N)=NCCNC(=O)c1cc2cc(CC(=O)CCc3ccc(O)cc3)ccc2n1CCc1ccc2ccccc2c1.NC(N)=NCCNC(=O)c1cc2cc(CC(=O)Cc3ccc(O)cc3)ccc2n1CCc1ccc2ccccc2c1. The largest absolute Gasteiger partial charge is 0.508 e. The van der Waals surface area contributed by atoms with E-state index in [0.717, 1.165) is 56.9 Å². The second-order valence-electron chi connectivity index (χ2n) is 20.6. The van der Waals surface area contributed by atoms with E-state index in [1.807, 2.05) is 94.1 Å². The third kappa shape index (κ3) is 15.8. The van der Waals surface area contributed by atoms with Crippen molar-refractivity contribution in [2.24, 2.45) is 32.9 Å². The number of amides is 2. The van der Waals surface area contributed by atoms with E-state index in [0.29, 0.717) is 69.9 Å². The molecule has 0 atom stereocenters. The van der Waals surface area contributed by atoms with Gasteiger partial charge in [-0.15, -0.1) is 0 Å². The van der Waals surface area contributed by atoms with Gasteiger partial charge < -0.3 is 52.9 Å². The number of nitrogens with zero attached hydrogens (tertiary/aromatic N) is 4. The Kier molecular flexibility index (Phi) is 18.9. The summed E-state index contributed by atoms with van der Waals surface area (Å²) < 4.78 is 4.07. The molecule has 16 nitrogen and oxygen atoms in total. The highest BCUT2D eigenvalue weighted by molar-refractivity contribution is 6.00. The molecule has 10 rings (SSSR count). The van der Waals surface area contributed by atoms with Gasteiger partial charge in [0.1, 0.15) is 34.5 Å². The molecule has 2 amide bonds. The van der Waals surface area contributed by atoms with Crippen LogP contribution in [0.5, 0.6) is 11.5 Å². The van der Waals surface area contributed by atoms with E-state index in [1.165, 1.54) is 32.7 Å². The Morgan fingerprint density at radius 3 is 1.24 bits per heavy atom. The smallest absolute Gasteiger partial charge is 0.268 e. The van der Waals surface area contributed by atoms with Crippen molar-refractivity contribution in [2.75, 3.05) is 26.2 Å². The number of carbonyl (C=O) groups is 4. The Hall–Kier alpha value is -10.2. The topological polar surface area (TPSA) is 271 Å². The van der Waals surface area contributed by atoms with Crippen LogP contribution in [0, 0.1) is 0 Å². The molecule has 10 aromatic rings. The van der Waals surface area contributed by atoms with Gasteiger partial charge in [-0.1, -0.05) is 121 Å². The van der Waals surface area contributed by atoms with Crippen LogP contribution < -0.4 is 33.6 Å². The number of rotatable bonds is 23. The number of phenolic OH excluding ortho intramolecular Hbond substituents is 2. The summed E-state index contributed by atoms with van der Waals surface area (Å²) in [7, 11) is 0. The predicted octanol–water partition coefficient (Wildman–Crippen LogP) is 8.59. The molecule has 12 N–H and O–H groups in total. The first-order valence-corrected chi connectivity index (χ1v) is 27.7. The van der Waals surface area contributed by atoms with Crippen LogP contribution in [0.3, 0.4) is 0 Å². The zero-order chi connectivity index (χ0) is 58.2. The molecule has 0 radical (unpaired) electrons. The average Bonchev–Trinajstić information content (AvgIpc) is 4.28. The monoisotopic (exact) mass is 1110 g/mol. The van der Waals surface area contributed by atoms with Crippen LogP contribution in [-0.4, -0.2) is 80.8 Å². The Morgan fingerprint density at radius 1 is 0.398 bits per heavy atom. The van der Waals surface area contributed by atoms with Crippen molar-refractivity contribution in [3.05, 3.63) is 227 Å². The molecule has 2 heterocycles. The van der Waals surface area contributed by atoms with Crippen LogP contribution in [-0.2, 0) is 61.2 Å². The molecule has 8 aromatic carbocycles. The lowest BCUT2D eigenvalue weighted by atomic mass is 10.0. The highest BCUT2D eigenvalue weighted by Crippen LogP contribution is 2.27. The summed E-state index contributed by atoms with van der Waals surface area (Å²) >= 11 is 0. The fourth-order valence-electron chi connectivity index (χ4n) is 10.3. The van der Waals surface area contributed by atoms with Crippen LogP contribution in [0.15, 0.2) is 192 Å². The van der Waals surface area contributed by atoms with E-state index in [2.05, 4.69) is 81.3 Å². The minimum atomic E-state index is -0.213. The van der Waals surface area contributed by atoms with Crippen LogP contribution in [0.1, 0.15) is 60.8 Å². The van der Waals surface area contributed by atoms with Crippen molar-refractivity contribution in [1.29, 1.82) is 0 Å². The molecule has 0 saturated carbocycles. The lowest BCUT2D eigenvalue weighted by molar-refractivity contribution is -0.119. The molecule has 0 unspecified atom stereocenters. The number of fused-ring (bicyclic) bond motifs is 4. The van der Waals surface area contributed by atoms with Gasteiger partial charge in [0.05, 0.1) is 13.1 Å². The number of aromatic hydroxyl groups is 2. The maximum atomic E-state index is 13.3. The molecule has 422 valence electrons. The van der Waals surface area contributed by atoms with Crippen LogP contribution in [0.4, 0.5) is 0 Å². The molecular weight excluding hydrogens is 1040 g/mol. The number of guanidine groups is 2. The molecule has 0 fully saturated rings. The van der Waals surface area contributed by atoms with Gasteiger partial charge in [-0.3, -0.25) is 29.2 Å². The number of benzene rings is 8. The Labute approximate surface area is 481 Å². The molecule has 16 heteroatoms. The summed E-state index contributed by atoms with van der Waals surface area (Å²) in [5.74, 6) is 0.143. The number of Topliss-reactive ketones (excluding diaryl/α,β-unsaturated/α-hetero) is 2. The van der Waals surface area contributed by atoms with Crippen molar-refractivity contribution < 1.29 is 29.4 Å². The van der Waals surface area contributed by atoms with Crippen molar-refractivity contribution in [3.8, 4) is 11.5 Å². The number of aromatic nitrogens is 2. The van der Waals surface area contributed by atoms with E-state index in [-0.39, 0.29) is 59.6 Å². The van der Waals surface area contributed by atoms with Gasteiger partial charge in [0.2, 0.25) is 0 Å². The number of ketones is 2. The quantitative estimate of drug-likeness (QED) is 0.0172. The Bertz CT molecular complexity index is 4000. The van der Waals surface area contributed by atoms with Crippen molar-refractivity contribution in [1.82, 2.24) is 19.8 Å². The van der Waals surface area contributed by atoms with E-state index in [1.54, 1.807) is 36.4 Å². The van der Waals surface area contributed by atoms with E-state index >= 15 is 0 Å². The number of aryl methyl sites for hydroxylation is 5. The van der Waals surface area contributed by atoms with E-state index in [9.17, 15) is 29.4 Å². The maximum absolute atomic E-state index is 13.3. The molecule has 0 saturated heterocycles. The summed E-state index contributed by atoms with van der Waals surface area (Å²) in [6.07, 6.45) is 3.41. The minimum Gasteiger partial charge on any atom is -0.508 e. The summed E-state index contributed by atoms with van der Waals surface area (Å²) in [5.41, 5.74) is 30.6. The van der Waals surface area contributed by atoms with E-state index < -0.39 is 0 Å². The van der Waals surface area contributed by atoms with Crippen molar-refractivity contribution in [3.63, 3.8) is 0 Å². The highest BCUT2D eigenvalue weighted by Gasteiger charge is 2.19. The fraction of sp³-hybridized carbons (Fsp3) is 0.194. The third-order valence-electron chi connectivity index (χ3n) is 14.4. The van der Waals surface area contributed by atoms with Crippen molar-refractivity contribution in [2.45, 2.75) is 58.0 Å². The third-order valence-corrected chi connectivity index (χ3v) is 14.4. The number of aliphatic imine (C=N–C) groups is 2. The van der Waals surface area contributed by atoms with Gasteiger partial charge in [0.15, 0.2) is 11.9 Å². The molecule has 0 bridgehead atoms. The Morgan fingerprint density at radius 2 is 0.783 bits per heavy atom. The Balaban J connectivity index is 0.000000200. The second-order valence-corrected chi connectivity index (χ2v) is 20.6. The molecule has 0 aliphatic carbocycles. The number of hydrogen-bond donors (Lipinski definition) is 8. The number of hydrogen-bond acceptors (Lipinski definition) is 8. The highest BCUT2D eigenvalue weighted by atomic mass is 16.3. The zero-order valence-corrected chi connectivity index (χ0v) is 46.1. The van der Waals surface area contributed by atoms with Gasteiger partial charge >= 0.3 is 0 Å². The van der Waals surface area contributed by atoms with Gasteiger partial charge in [0.25, 0.3) is 11.8 Å². The molecule has 0 aliphatic heterocycles. The number of phenols is 2. The number of nitrogens with two attached hydrogens (primary N) is 4. The normalized spacial score (nSPS) is 11.0. The lowest BCUT2D eigenvalue weighted by Crippen LogP contribution is -2.30. The first kappa shape index (κ1) is 57.5. The average molecular weight is 1110 g/mol. The summed E-state index contributed by atoms with van der Waals surface area (Å²) in [4.78, 5) is 59.9. The summed E-state index contributed by atoms with van der Waals surface area (Å²) in [6.45, 7) is 2.42. The van der Waals surface area contributed by atoms with Gasteiger partial charge in [-0.05, 0) is 135 Å². The minimum absolute atomic E-state index is 0.0149. The molecule has 83 heavy (non-hydrogen) atoms. The summed E-state index contributed by atoms with van der Waals surface area (Å²) in [6, 6.07) is 58.6. The fourth-order valence-corrected chi connectivity index (χ4v) is 10.3. The molecule has 0 aliphatic rings. The van der Waals surface area contributed by atoms with Crippen LogP contribution in [0.2, 0.25) is 0 Å². The van der Waals surface area contributed by atoms with E-state index in [4.69, 9.17) is 22.9 Å².